The molecule has 3 rings (SSSR count). The molecule has 1 aromatic rings. The largest absolute Gasteiger partial charge is 0.493 e. The van der Waals surface area contributed by atoms with Gasteiger partial charge < -0.3 is 10.1 Å². The molecule has 0 saturated heterocycles. The molecule has 2 aliphatic rings. The molecule has 18 heavy (non-hydrogen) atoms. The first-order valence-electron chi connectivity index (χ1n) is 7.21. The first-order valence-corrected chi connectivity index (χ1v) is 7.21. The number of pyridine rings is 1. The van der Waals surface area contributed by atoms with Crippen LogP contribution in [0, 0.1) is 5.92 Å². The maximum atomic E-state index is 5.81. The van der Waals surface area contributed by atoms with Crippen LogP contribution in [0.4, 0.5) is 0 Å². The first kappa shape index (κ1) is 12.0. The third-order valence-corrected chi connectivity index (χ3v) is 3.96. The van der Waals surface area contributed by atoms with Crippen molar-refractivity contribution in [3.63, 3.8) is 0 Å². The van der Waals surface area contributed by atoms with Crippen molar-refractivity contribution >= 4 is 0 Å². The number of hydrogen-bond donors (Lipinski definition) is 1. The average molecular weight is 246 g/mol. The summed E-state index contributed by atoms with van der Waals surface area (Å²) in [4.78, 5) is 4.37. The third-order valence-electron chi connectivity index (χ3n) is 3.96. The van der Waals surface area contributed by atoms with E-state index in [2.05, 4.69) is 16.4 Å². The number of ether oxygens (including phenoxy) is 1. The van der Waals surface area contributed by atoms with Crippen molar-refractivity contribution in [3.8, 4) is 5.75 Å². The van der Waals surface area contributed by atoms with Crippen molar-refractivity contribution in [2.45, 2.75) is 51.1 Å². The summed E-state index contributed by atoms with van der Waals surface area (Å²) in [5.41, 5.74) is 1.09. The van der Waals surface area contributed by atoms with E-state index in [1.807, 2.05) is 12.3 Å². The summed E-state index contributed by atoms with van der Waals surface area (Å²) in [7, 11) is 0. The number of hydrogen-bond acceptors (Lipinski definition) is 3. The molecule has 0 aliphatic heterocycles. The van der Waals surface area contributed by atoms with Crippen molar-refractivity contribution in [1.82, 2.24) is 10.3 Å². The molecule has 0 amide bonds. The van der Waals surface area contributed by atoms with E-state index < -0.39 is 0 Å². The van der Waals surface area contributed by atoms with Gasteiger partial charge in [0, 0.05) is 24.8 Å². The molecule has 3 heteroatoms. The molecule has 0 aromatic carbocycles. The van der Waals surface area contributed by atoms with E-state index in [9.17, 15) is 0 Å². The van der Waals surface area contributed by atoms with Crippen molar-refractivity contribution < 1.29 is 4.74 Å². The van der Waals surface area contributed by atoms with Gasteiger partial charge in [0.15, 0.2) is 0 Å². The molecule has 2 aliphatic carbocycles. The molecule has 98 valence electrons. The minimum atomic E-state index is 0.731. The summed E-state index contributed by atoms with van der Waals surface area (Å²) in [6.45, 7) is 1.72. The van der Waals surface area contributed by atoms with Crippen LogP contribution in [0.5, 0.6) is 5.75 Å². The highest BCUT2D eigenvalue weighted by molar-refractivity contribution is 5.22. The van der Waals surface area contributed by atoms with Gasteiger partial charge in [-0.3, -0.25) is 4.98 Å². The Kier molecular flexibility index (Phi) is 3.79. The van der Waals surface area contributed by atoms with Gasteiger partial charge in [0.05, 0.1) is 12.3 Å². The van der Waals surface area contributed by atoms with Crippen molar-refractivity contribution in [1.29, 1.82) is 0 Å². The van der Waals surface area contributed by atoms with Gasteiger partial charge in [-0.1, -0.05) is 19.3 Å². The van der Waals surface area contributed by atoms with Gasteiger partial charge in [-0.2, -0.15) is 0 Å². The molecule has 2 saturated carbocycles. The van der Waals surface area contributed by atoms with Gasteiger partial charge >= 0.3 is 0 Å². The van der Waals surface area contributed by atoms with E-state index in [1.165, 1.54) is 38.5 Å². The molecule has 0 bridgehead atoms. The zero-order valence-electron chi connectivity index (χ0n) is 10.9. The van der Waals surface area contributed by atoms with E-state index in [-0.39, 0.29) is 0 Å². The Morgan fingerprint density at radius 2 is 2.17 bits per heavy atom. The molecule has 1 aromatic heterocycles. The van der Waals surface area contributed by atoms with E-state index in [4.69, 9.17) is 4.74 Å². The molecular formula is C15H22N2O. The summed E-state index contributed by atoms with van der Waals surface area (Å²) < 4.78 is 5.81. The Hall–Kier alpha value is -1.09. The van der Waals surface area contributed by atoms with Crippen molar-refractivity contribution in [2.24, 2.45) is 5.92 Å². The SMILES string of the molecule is c1cc(OCCC2CCC2)cc(CNC2CC2)n1. The Morgan fingerprint density at radius 1 is 1.28 bits per heavy atom. The Balaban J connectivity index is 1.43. The van der Waals surface area contributed by atoms with Gasteiger partial charge in [0.2, 0.25) is 0 Å². The minimum Gasteiger partial charge on any atom is -0.493 e. The summed E-state index contributed by atoms with van der Waals surface area (Å²) in [5.74, 6) is 1.89. The second-order valence-corrected chi connectivity index (χ2v) is 5.57. The molecule has 2 fully saturated rings. The van der Waals surface area contributed by atoms with Crippen LogP contribution in [0.3, 0.4) is 0 Å². The van der Waals surface area contributed by atoms with Crippen LogP contribution in [0.25, 0.3) is 0 Å². The monoisotopic (exact) mass is 246 g/mol. The Bertz CT molecular complexity index is 386. The molecule has 0 spiro atoms. The predicted octanol–water partition coefficient (Wildman–Crippen LogP) is 2.90. The Labute approximate surface area is 109 Å². The van der Waals surface area contributed by atoms with Crippen LogP contribution in [0.1, 0.15) is 44.2 Å². The van der Waals surface area contributed by atoms with E-state index in [1.54, 1.807) is 0 Å². The zero-order valence-corrected chi connectivity index (χ0v) is 10.9. The maximum absolute atomic E-state index is 5.81. The smallest absolute Gasteiger partial charge is 0.122 e. The number of aromatic nitrogens is 1. The van der Waals surface area contributed by atoms with Gasteiger partial charge in [0.25, 0.3) is 0 Å². The molecule has 0 atom stereocenters. The van der Waals surface area contributed by atoms with Gasteiger partial charge in [0.1, 0.15) is 5.75 Å². The highest BCUT2D eigenvalue weighted by atomic mass is 16.5. The molecule has 3 nitrogen and oxygen atoms in total. The van der Waals surface area contributed by atoms with Gasteiger partial charge in [-0.05, 0) is 31.2 Å². The van der Waals surface area contributed by atoms with Crippen molar-refractivity contribution in [3.05, 3.63) is 24.0 Å². The molecule has 0 unspecified atom stereocenters. The van der Waals surface area contributed by atoms with E-state index >= 15 is 0 Å². The molecule has 1 N–H and O–H groups in total. The Morgan fingerprint density at radius 3 is 2.89 bits per heavy atom. The van der Waals surface area contributed by atoms with Crippen LogP contribution in [-0.2, 0) is 6.54 Å². The lowest BCUT2D eigenvalue weighted by atomic mass is 9.83. The maximum Gasteiger partial charge on any atom is 0.122 e. The van der Waals surface area contributed by atoms with Gasteiger partial charge in [-0.15, -0.1) is 0 Å². The fraction of sp³-hybridized carbons (Fsp3) is 0.667. The number of nitrogens with one attached hydrogen (secondary N) is 1. The molecule has 0 radical (unpaired) electrons. The lowest BCUT2D eigenvalue weighted by Crippen LogP contribution is -2.16. The van der Waals surface area contributed by atoms with Crippen LogP contribution in [0.15, 0.2) is 18.3 Å². The number of nitrogens with zero attached hydrogens (tertiary/aromatic N) is 1. The lowest BCUT2D eigenvalue weighted by Gasteiger charge is -2.24. The first-order chi connectivity index (χ1) is 8.90. The predicted molar refractivity (Wildman–Crippen MR) is 71.6 cm³/mol. The summed E-state index contributed by atoms with van der Waals surface area (Å²) in [6.07, 6.45) is 9.90. The van der Waals surface area contributed by atoms with Crippen LogP contribution in [-0.4, -0.2) is 17.6 Å². The zero-order chi connectivity index (χ0) is 12.2. The fourth-order valence-electron chi connectivity index (χ4n) is 2.30. The second-order valence-electron chi connectivity index (χ2n) is 5.57. The second kappa shape index (κ2) is 5.70. The molecule has 1 heterocycles. The summed E-state index contributed by atoms with van der Waals surface area (Å²) in [5, 5.41) is 3.47. The normalized spacial score (nSPS) is 19.6. The highest BCUT2D eigenvalue weighted by Gasteiger charge is 2.20. The highest BCUT2D eigenvalue weighted by Crippen LogP contribution is 2.29. The van der Waals surface area contributed by atoms with E-state index in [0.717, 1.165) is 36.6 Å². The standard InChI is InChI=1S/C15H22N2O/c1-2-12(3-1)7-9-18-15-6-8-16-14(10-15)11-17-13-4-5-13/h6,8,10,12-13,17H,1-5,7,9,11H2. The summed E-state index contributed by atoms with van der Waals surface area (Å²) >= 11 is 0. The van der Waals surface area contributed by atoms with Gasteiger partial charge in [-0.25, -0.2) is 0 Å². The van der Waals surface area contributed by atoms with Crippen LogP contribution in [0.2, 0.25) is 0 Å². The van der Waals surface area contributed by atoms with E-state index in [0.29, 0.717) is 0 Å². The average Bonchev–Trinajstić information content (AvgIpc) is 3.14. The van der Waals surface area contributed by atoms with Crippen LogP contribution >= 0.6 is 0 Å². The quantitative estimate of drug-likeness (QED) is 0.803. The lowest BCUT2D eigenvalue weighted by molar-refractivity contribution is 0.222. The number of rotatable bonds is 7. The molecular weight excluding hydrogens is 224 g/mol. The van der Waals surface area contributed by atoms with Crippen molar-refractivity contribution in [2.75, 3.05) is 6.61 Å². The third kappa shape index (κ3) is 3.45. The fourth-order valence-corrected chi connectivity index (χ4v) is 2.30. The minimum absolute atomic E-state index is 0.731. The summed E-state index contributed by atoms with van der Waals surface area (Å²) in [6, 6.07) is 4.76. The van der Waals surface area contributed by atoms with Crippen LogP contribution < -0.4 is 10.1 Å². The topological polar surface area (TPSA) is 34.1 Å².